The van der Waals surface area contributed by atoms with E-state index in [0.717, 1.165) is 64.6 Å². The van der Waals surface area contributed by atoms with Crippen molar-refractivity contribution < 1.29 is 9.53 Å². The van der Waals surface area contributed by atoms with Crippen LogP contribution in [0.25, 0.3) is 16.9 Å². The van der Waals surface area contributed by atoms with Gasteiger partial charge in [-0.2, -0.15) is 5.10 Å². The van der Waals surface area contributed by atoms with Crippen molar-refractivity contribution in [1.82, 2.24) is 14.8 Å². The highest BCUT2D eigenvalue weighted by molar-refractivity contribution is 7.15. The molecule has 6 rings (SSSR count). The molecular weight excluding hydrogens is 480 g/mol. The minimum Gasteiger partial charge on any atom is -0.493 e. The van der Waals surface area contributed by atoms with E-state index < -0.39 is 0 Å². The van der Waals surface area contributed by atoms with Gasteiger partial charge in [0, 0.05) is 34.0 Å². The zero-order valence-corrected chi connectivity index (χ0v) is 22.2. The summed E-state index contributed by atoms with van der Waals surface area (Å²) in [5.74, 6) is 1.04. The molecule has 2 atom stereocenters. The molecule has 2 aliphatic rings. The molecule has 2 heterocycles. The molecule has 7 heteroatoms. The molecule has 6 nitrogen and oxygen atoms in total. The predicted molar refractivity (Wildman–Crippen MR) is 148 cm³/mol. The Morgan fingerprint density at radius 3 is 2.78 bits per heavy atom. The van der Waals surface area contributed by atoms with E-state index in [1.165, 1.54) is 23.4 Å². The normalized spacial score (nSPS) is 18.3. The lowest BCUT2D eigenvalue weighted by Gasteiger charge is -2.10. The van der Waals surface area contributed by atoms with Gasteiger partial charge in [0.25, 0.3) is 0 Å². The fourth-order valence-corrected chi connectivity index (χ4v) is 6.25. The first kappa shape index (κ1) is 23.9. The molecule has 37 heavy (non-hydrogen) atoms. The quantitative estimate of drug-likeness (QED) is 0.285. The van der Waals surface area contributed by atoms with Crippen LogP contribution in [0, 0.1) is 12.8 Å². The summed E-state index contributed by atoms with van der Waals surface area (Å²) in [6, 6.07) is 16.4. The van der Waals surface area contributed by atoms with E-state index in [9.17, 15) is 4.79 Å². The lowest BCUT2D eigenvalue weighted by molar-refractivity contribution is -0.117. The number of rotatable bonds is 8. The van der Waals surface area contributed by atoms with Gasteiger partial charge < -0.3 is 10.1 Å². The second-order valence-electron chi connectivity index (χ2n) is 10.1. The Bertz CT molecular complexity index is 1400. The number of nitrogens with one attached hydrogen (secondary N) is 1. The minimum absolute atomic E-state index is 0.0639. The maximum Gasteiger partial charge on any atom is 0.229 e. The highest BCUT2D eigenvalue weighted by Crippen LogP contribution is 2.51. The van der Waals surface area contributed by atoms with Crippen LogP contribution in [0.2, 0.25) is 0 Å². The first-order valence-corrected chi connectivity index (χ1v) is 14.1. The minimum atomic E-state index is -0.0682. The monoisotopic (exact) mass is 512 g/mol. The molecule has 2 aromatic carbocycles. The average Bonchev–Trinajstić information content (AvgIpc) is 3.42. The molecule has 2 unspecified atom stereocenters. The Hall–Kier alpha value is -3.45. The Balaban J connectivity index is 1.27. The summed E-state index contributed by atoms with van der Waals surface area (Å²) in [6.07, 6.45) is 8.40. The number of thiazole rings is 1. The van der Waals surface area contributed by atoms with Gasteiger partial charge in [0.05, 0.1) is 23.7 Å². The molecule has 0 spiro atoms. The zero-order chi connectivity index (χ0) is 25.4. The highest BCUT2D eigenvalue weighted by Gasteiger charge is 2.46. The number of nitrogens with zero attached hydrogens (tertiary/aromatic N) is 3. The number of carbonyl (C=O) groups is 1. The van der Waals surface area contributed by atoms with Gasteiger partial charge in [-0.05, 0) is 81.3 Å². The summed E-state index contributed by atoms with van der Waals surface area (Å²) in [7, 11) is 0. The third-order valence-corrected chi connectivity index (χ3v) is 8.35. The second-order valence-corrected chi connectivity index (χ2v) is 11.2. The summed E-state index contributed by atoms with van der Waals surface area (Å²) in [5, 5.41) is 8.87. The first-order chi connectivity index (χ1) is 18.1. The topological polar surface area (TPSA) is 69.0 Å². The standard InChI is InChI=1S/C30H32N4O2S/c1-3-15-36-26-14-13-20(16-19(26)2)28-24(18-34(33-28)21-9-5-4-6-10-21)22-17-23(22)29(35)32-30-31-25-11-7-8-12-27(25)37-30/h4-6,9-10,13-14,16,18,22-23H,3,7-8,11-12,15,17H2,1-2H3,(H,31,32,35). The Labute approximate surface area is 221 Å². The van der Waals surface area contributed by atoms with Crippen LogP contribution >= 0.6 is 11.3 Å². The molecule has 0 radical (unpaired) electrons. The number of aromatic nitrogens is 3. The third-order valence-electron chi connectivity index (χ3n) is 7.28. The van der Waals surface area contributed by atoms with Crippen molar-refractivity contribution in [2.45, 2.75) is 58.3 Å². The maximum absolute atomic E-state index is 13.2. The van der Waals surface area contributed by atoms with E-state index in [2.05, 4.69) is 49.6 Å². The van der Waals surface area contributed by atoms with E-state index in [-0.39, 0.29) is 17.7 Å². The number of fused-ring (bicyclic) bond motifs is 1. The Morgan fingerprint density at radius 2 is 2.00 bits per heavy atom. The largest absolute Gasteiger partial charge is 0.493 e. The number of amides is 1. The third kappa shape index (κ3) is 4.92. The summed E-state index contributed by atoms with van der Waals surface area (Å²) in [5.41, 5.74) is 6.36. The van der Waals surface area contributed by atoms with Gasteiger partial charge in [-0.25, -0.2) is 9.67 Å². The van der Waals surface area contributed by atoms with Crippen molar-refractivity contribution in [3.05, 3.63) is 76.4 Å². The molecule has 4 aromatic rings. The van der Waals surface area contributed by atoms with E-state index in [1.54, 1.807) is 11.3 Å². The zero-order valence-electron chi connectivity index (χ0n) is 21.4. The smallest absolute Gasteiger partial charge is 0.229 e. The summed E-state index contributed by atoms with van der Waals surface area (Å²) >= 11 is 1.64. The maximum atomic E-state index is 13.2. The fraction of sp³-hybridized carbons (Fsp3) is 0.367. The molecule has 2 aromatic heterocycles. The number of hydrogen-bond acceptors (Lipinski definition) is 5. The molecular formula is C30H32N4O2S. The van der Waals surface area contributed by atoms with E-state index in [4.69, 9.17) is 14.8 Å². The molecule has 190 valence electrons. The van der Waals surface area contributed by atoms with Crippen molar-refractivity contribution >= 4 is 22.4 Å². The lowest BCUT2D eigenvalue weighted by atomic mass is 10.0. The van der Waals surface area contributed by atoms with Gasteiger partial charge in [-0.3, -0.25) is 4.79 Å². The van der Waals surface area contributed by atoms with Crippen LogP contribution in [0.1, 0.15) is 60.2 Å². The summed E-state index contributed by atoms with van der Waals surface area (Å²) < 4.78 is 7.83. The lowest BCUT2D eigenvalue weighted by Crippen LogP contribution is -2.14. The van der Waals surface area contributed by atoms with Crippen LogP contribution < -0.4 is 10.1 Å². The number of hydrogen-bond donors (Lipinski definition) is 1. The number of aryl methyl sites for hydroxylation is 3. The molecule has 0 aliphatic heterocycles. The first-order valence-electron chi connectivity index (χ1n) is 13.3. The predicted octanol–water partition coefficient (Wildman–Crippen LogP) is 6.71. The van der Waals surface area contributed by atoms with Crippen molar-refractivity contribution in [3.8, 4) is 22.7 Å². The molecule has 1 fully saturated rings. The van der Waals surface area contributed by atoms with E-state index in [0.29, 0.717) is 6.61 Å². The number of ether oxygens (including phenoxy) is 1. The van der Waals surface area contributed by atoms with Gasteiger partial charge in [0.2, 0.25) is 5.91 Å². The van der Waals surface area contributed by atoms with Gasteiger partial charge in [-0.15, -0.1) is 11.3 Å². The van der Waals surface area contributed by atoms with Crippen LogP contribution in [0.3, 0.4) is 0 Å². The van der Waals surface area contributed by atoms with Crippen molar-refractivity contribution in [1.29, 1.82) is 0 Å². The van der Waals surface area contributed by atoms with Crippen molar-refractivity contribution in [3.63, 3.8) is 0 Å². The second kappa shape index (κ2) is 10.1. The van der Waals surface area contributed by atoms with Crippen molar-refractivity contribution in [2.75, 3.05) is 11.9 Å². The SMILES string of the molecule is CCCOc1ccc(-c2nn(-c3ccccc3)cc2C2CC2C(=O)Nc2nc3c(s2)CCCC3)cc1C. The van der Waals surface area contributed by atoms with Gasteiger partial charge >= 0.3 is 0 Å². The highest BCUT2D eigenvalue weighted by atomic mass is 32.1. The van der Waals surface area contributed by atoms with Crippen LogP contribution in [-0.4, -0.2) is 27.3 Å². The molecule has 0 saturated heterocycles. The molecule has 1 saturated carbocycles. The summed E-state index contributed by atoms with van der Waals surface area (Å²) in [6.45, 7) is 4.88. The molecule has 1 N–H and O–H groups in total. The van der Waals surface area contributed by atoms with Crippen LogP contribution in [0.5, 0.6) is 5.75 Å². The van der Waals surface area contributed by atoms with Gasteiger partial charge in [0.15, 0.2) is 5.13 Å². The van der Waals surface area contributed by atoms with Gasteiger partial charge in [0.1, 0.15) is 5.75 Å². The molecule has 0 bridgehead atoms. The average molecular weight is 513 g/mol. The van der Waals surface area contributed by atoms with Gasteiger partial charge in [-0.1, -0.05) is 25.1 Å². The van der Waals surface area contributed by atoms with E-state index >= 15 is 0 Å². The Kier molecular flexibility index (Phi) is 6.55. The summed E-state index contributed by atoms with van der Waals surface area (Å²) in [4.78, 5) is 19.2. The van der Waals surface area contributed by atoms with E-state index in [1.807, 2.05) is 28.9 Å². The van der Waals surface area contributed by atoms with Crippen LogP contribution in [-0.2, 0) is 17.6 Å². The van der Waals surface area contributed by atoms with Crippen LogP contribution in [0.4, 0.5) is 5.13 Å². The Morgan fingerprint density at radius 1 is 1.16 bits per heavy atom. The number of carbonyl (C=O) groups excluding carboxylic acids is 1. The molecule has 1 amide bonds. The number of benzene rings is 2. The number of anilines is 1. The number of para-hydroxylation sites is 1. The van der Waals surface area contributed by atoms with Crippen molar-refractivity contribution in [2.24, 2.45) is 5.92 Å². The molecule has 2 aliphatic carbocycles. The van der Waals surface area contributed by atoms with Crippen LogP contribution in [0.15, 0.2) is 54.7 Å². The fourth-order valence-electron chi connectivity index (χ4n) is 5.20.